The maximum Gasteiger partial charge on any atom is 0.407 e. The number of nitrogens with one attached hydrogen (secondary N) is 2. The van der Waals surface area contributed by atoms with Crippen molar-refractivity contribution in [2.24, 2.45) is 0 Å². The lowest BCUT2D eigenvalue weighted by Gasteiger charge is -2.08. The molecule has 0 heterocycles. The van der Waals surface area contributed by atoms with Crippen LogP contribution in [0.15, 0.2) is 29.2 Å². The third-order valence-electron chi connectivity index (χ3n) is 2.95. The highest BCUT2D eigenvalue weighted by atomic mass is 32.2. The van der Waals surface area contributed by atoms with Crippen molar-refractivity contribution in [1.29, 1.82) is 0 Å². The molecule has 0 fully saturated rings. The lowest BCUT2D eigenvalue weighted by Crippen LogP contribution is -2.30. The Morgan fingerprint density at radius 1 is 1.13 bits per heavy atom. The van der Waals surface area contributed by atoms with E-state index < -0.39 is 22.0 Å². The second-order valence-electron chi connectivity index (χ2n) is 4.85. The highest BCUT2D eigenvalue weighted by Gasteiger charge is 2.17. The van der Waals surface area contributed by atoms with Crippen LogP contribution in [0.1, 0.15) is 38.7 Å². The molecule has 0 atom stereocenters. The van der Waals surface area contributed by atoms with E-state index in [0.717, 1.165) is 6.42 Å². The summed E-state index contributed by atoms with van der Waals surface area (Å²) in [5.41, 5.74) is 0.717. The molecule has 7 nitrogen and oxygen atoms in total. The number of rotatable bonds is 8. The van der Waals surface area contributed by atoms with Crippen molar-refractivity contribution in [1.82, 2.24) is 10.0 Å². The largest absolute Gasteiger partial charge is 0.450 e. The third-order valence-corrected chi connectivity index (χ3v) is 4.34. The maximum absolute atomic E-state index is 12.0. The summed E-state index contributed by atoms with van der Waals surface area (Å²) in [6.07, 6.45) is 1.10. The smallest absolute Gasteiger partial charge is 0.407 e. The molecule has 23 heavy (non-hydrogen) atoms. The second kappa shape index (κ2) is 9.14. The first-order chi connectivity index (χ1) is 10.9. The van der Waals surface area contributed by atoms with E-state index in [1.807, 2.05) is 11.6 Å². The van der Waals surface area contributed by atoms with Gasteiger partial charge in [0.25, 0.3) is 10.0 Å². The number of hydrogen-bond acceptors (Lipinski definition) is 5. The van der Waals surface area contributed by atoms with Crippen molar-refractivity contribution in [2.45, 2.75) is 44.6 Å². The predicted octanol–water partition coefficient (Wildman–Crippen LogP) is 1.93. The standard InChI is InChI=1S/C15H22N2O5S/c1-3-5-6-14(18)17-23(20,21)13-9-7-12(8-10-13)11-16-15(19)22-4-2/h7-10H,3-6,11H2,1-2H3,(H,16,19)(H,17,18). The summed E-state index contributed by atoms with van der Waals surface area (Å²) in [5.74, 6) is -0.514. The third kappa shape index (κ3) is 6.68. The van der Waals surface area contributed by atoms with Gasteiger partial charge in [0.05, 0.1) is 11.5 Å². The normalized spacial score (nSPS) is 10.9. The minimum atomic E-state index is -3.86. The number of hydrogen-bond donors (Lipinski definition) is 2. The van der Waals surface area contributed by atoms with Gasteiger partial charge < -0.3 is 10.1 Å². The van der Waals surface area contributed by atoms with Gasteiger partial charge in [-0.05, 0) is 31.0 Å². The molecule has 1 aromatic rings. The first kappa shape index (κ1) is 19.0. The summed E-state index contributed by atoms with van der Waals surface area (Å²) < 4.78 is 30.9. The Morgan fingerprint density at radius 3 is 2.35 bits per heavy atom. The van der Waals surface area contributed by atoms with E-state index >= 15 is 0 Å². The molecule has 0 saturated heterocycles. The quantitative estimate of drug-likeness (QED) is 0.751. The lowest BCUT2D eigenvalue weighted by atomic mass is 10.2. The zero-order chi connectivity index (χ0) is 17.3. The molecule has 0 aliphatic rings. The molecule has 0 unspecified atom stereocenters. The number of sulfonamides is 1. The first-order valence-electron chi connectivity index (χ1n) is 7.44. The average molecular weight is 342 g/mol. The fraction of sp³-hybridized carbons (Fsp3) is 0.467. The molecule has 1 aromatic carbocycles. The SMILES string of the molecule is CCCCC(=O)NS(=O)(=O)c1ccc(CNC(=O)OCC)cc1. The molecular formula is C15H22N2O5S. The fourth-order valence-electron chi connectivity index (χ4n) is 1.74. The molecule has 0 aliphatic heterocycles. The number of unbranched alkanes of at least 4 members (excludes halogenated alkanes) is 1. The molecule has 0 aliphatic carbocycles. The van der Waals surface area contributed by atoms with E-state index in [1.54, 1.807) is 19.1 Å². The zero-order valence-corrected chi connectivity index (χ0v) is 14.1. The van der Waals surface area contributed by atoms with Crippen LogP contribution in [-0.4, -0.2) is 27.0 Å². The van der Waals surface area contributed by atoms with Crippen molar-refractivity contribution in [3.05, 3.63) is 29.8 Å². The predicted molar refractivity (Wildman–Crippen MR) is 85.2 cm³/mol. The maximum atomic E-state index is 12.0. The Kier molecular flexibility index (Phi) is 7.53. The van der Waals surface area contributed by atoms with Crippen LogP contribution in [-0.2, 0) is 26.1 Å². The topological polar surface area (TPSA) is 102 Å². The first-order valence-corrected chi connectivity index (χ1v) is 8.92. The Hall–Kier alpha value is -2.09. The van der Waals surface area contributed by atoms with Crippen molar-refractivity contribution in [3.8, 4) is 0 Å². The molecule has 1 rings (SSSR count). The molecule has 2 N–H and O–H groups in total. The van der Waals surface area contributed by atoms with E-state index in [-0.39, 0.29) is 24.5 Å². The molecule has 0 spiro atoms. The van der Waals surface area contributed by atoms with Gasteiger partial charge in [0.2, 0.25) is 5.91 Å². The number of alkyl carbamates (subject to hydrolysis) is 1. The van der Waals surface area contributed by atoms with E-state index in [4.69, 9.17) is 4.74 Å². The monoisotopic (exact) mass is 342 g/mol. The molecule has 2 amide bonds. The number of ether oxygens (including phenoxy) is 1. The minimum absolute atomic E-state index is 0.00207. The molecule has 0 saturated carbocycles. The highest BCUT2D eigenvalue weighted by molar-refractivity contribution is 7.90. The van der Waals surface area contributed by atoms with E-state index in [2.05, 4.69) is 5.32 Å². The summed E-state index contributed by atoms with van der Waals surface area (Å²) in [4.78, 5) is 22.7. The summed E-state index contributed by atoms with van der Waals surface area (Å²) in [5, 5.41) is 2.53. The number of carbonyl (C=O) groups is 2. The van der Waals surface area contributed by atoms with Gasteiger partial charge in [0, 0.05) is 13.0 Å². The Labute approximate surface area is 136 Å². The average Bonchev–Trinajstić information content (AvgIpc) is 2.51. The van der Waals surface area contributed by atoms with Crippen LogP contribution < -0.4 is 10.0 Å². The Morgan fingerprint density at radius 2 is 1.78 bits per heavy atom. The Bertz CT molecular complexity index is 626. The van der Waals surface area contributed by atoms with Crippen LogP contribution in [0.4, 0.5) is 4.79 Å². The number of carbonyl (C=O) groups excluding carboxylic acids is 2. The molecule has 8 heteroatoms. The Balaban J connectivity index is 2.64. The van der Waals surface area contributed by atoms with Crippen LogP contribution in [0.5, 0.6) is 0 Å². The number of amides is 2. The van der Waals surface area contributed by atoms with E-state index in [9.17, 15) is 18.0 Å². The summed E-state index contributed by atoms with van der Waals surface area (Å²) in [7, 11) is -3.86. The second-order valence-corrected chi connectivity index (χ2v) is 6.53. The summed E-state index contributed by atoms with van der Waals surface area (Å²) in [6.45, 7) is 4.13. The summed E-state index contributed by atoms with van der Waals surface area (Å²) in [6, 6.07) is 5.91. The van der Waals surface area contributed by atoms with Gasteiger partial charge in [0.15, 0.2) is 0 Å². The lowest BCUT2D eigenvalue weighted by molar-refractivity contribution is -0.119. The fourth-order valence-corrected chi connectivity index (χ4v) is 2.75. The van der Waals surface area contributed by atoms with Crippen LogP contribution in [0.2, 0.25) is 0 Å². The van der Waals surface area contributed by atoms with Crippen LogP contribution in [0, 0.1) is 0 Å². The van der Waals surface area contributed by atoms with E-state index in [0.29, 0.717) is 12.0 Å². The molecule has 0 bridgehead atoms. The zero-order valence-electron chi connectivity index (χ0n) is 13.3. The number of benzene rings is 1. The van der Waals surface area contributed by atoms with Gasteiger partial charge in [-0.25, -0.2) is 17.9 Å². The van der Waals surface area contributed by atoms with Crippen LogP contribution >= 0.6 is 0 Å². The van der Waals surface area contributed by atoms with Gasteiger partial charge in [-0.1, -0.05) is 25.5 Å². The minimum Gasteiger partial charge on any atom is -0.450 e. The highest BCUT2D eigenvalue weighted by Crippen LogP contribution is 2.11. The van der Waals surface area contributed by atoms with Gasteiger partial charge in [-0.2, -0.15) is 0 Å². The summed E-state index contributed by atoms with van der Waals surface area (Å²) >= 11 is 0. The van der Waals surface area contributed by atoms with Crippen molar-refractivity contribution >= 4 is 22.0 Å². The van der Waals surface area contributed by atoms with Crippen molar-refractivity contribution < 1.29 is 22.7 Å². The van der Waals surface area contributed by atoms with Crippen molar-refractivity contribution in [3.63, 3.8) is 0 Å². The van der Waals surface area contributed by atoms with Gasteiger partial charge in [0.1, 0.15) is 0 Å². The van der Waals surface area contributed by atoms with Gasteiger partial charge in [-0.3, -0.25) is 4.79 Å². The van der Waals surface area contributed by atoms with Gasteiger partial charge in [-0.15, -0.1) is 0 Å². The molecular weight excluding hydrogens is 320 g/mol. The van der Waals surface area contributed by atoms with Crippen LogP contribution in [0.3, 0.4) is 0 Å². The molecule has 0 aromatic heterocycles. The van der Waals surface area contributed by atoms with E-state index in [1.165, 1.54) is 12.1 Å². The van der Waals surface area contributed by atoms with Gasteiger partial charge >= 0.3 is 6.09 Å². The van der Waals surface area contributed by atoms with Crippen LogP contribution in [0.25, 0.3) is 0 Å². The van der Waals surface area contributed by atoms with Crippen molar-refractivity contribution in [2.75, 3.05) is 6.61 Å². The molecule has 128 valence electrons. The molecule has 0 radical (unpaired) electrons.